The van der Waals surface area contributed by atoms with E-state index in [9.17, 15) is 9.18 Å². The summed E-state index contributed by atoms with van der Waals surface area (Å²) in [5.74, 6) is 1.57. The number of rotatable bonds is 7. The molecule has 0 spiro atoms. The molecule has 2 aliphatic rings. The zero-order chi connectivity index (χ0) is 23.5. The van der Waals surface area contributed by atoms with Gasteiger partial charge in [0.1, 0.15) is 5.82 Å². The molecule has 1 amide bonds. The van der Waals surface area contributed by atoms with E-state index in [-0.39, 0.29) is 18.5 Å². The number of nitrogens with zero attached hydrogens (tertiary/aromatic N) is 4. The molecule has 0 saturated carbocycles. The second-order valence-electron chi connectivity index (χ2n) is 8.36. The number of carbonyl (C=O) groups excluding carboxylic acids is 1. The molecule has 1 N–H and O–H groups in total. The van der Waals surface area contributed by atoms with E-state index >= 15 is 0 Å². The van der Waals surface area contributed by atoms with Crippen molar-refractivity contribution in [1.82, 2.24) is 19.7 Å². The summed E-state index contributed by atoms with van der Waals surface area (Å²) in [6, 6.07) is 11.6. The van der Waals surface area contributed by atoms with E-state index in [0.29, 0.717) is 28.9 Å². The van der Waals surface area contributed by atoms with Crippen LogP contribution in [0.2, 0.25) is 0 Å². The molecule has 10 heteroatoms. The predicted octanol–water partition coefficient (Wildman–Crippen LogP) is 4.24. The SMILES string of the molecule is C[C@H](Sc1nnc(CN2CCCCC2)n1-c1ccc(F)cc1)C(=O)Nc1ccc2c(c1)OCO2. The van der Waals surface area contributed by atoms with E-state index in [1.54, 1.807) is 30.3 Å². The maximum Gasteiger partial charge on any atom is 0.237 e. The van der Waals surface area contributed by atoms with Gasteiger partial charge in [0.05, 0.1) is 11.8 Å². The molecule has 2 aliphatic heterocycles. The zero-order valence-electron chi connectivity index (χ0n) is 18.9. The minimum atomic E-state index is -0.448. The lowest BCUT2D eigenvalue weighted by molar-refractivity contribution is -0.115. The number of likely N-dealkylation sites (tertiary alicyclic amines) is 1. The van der Waals surface area contributed by atoms with E-state index in [2.05, 4.69) is 20.4 Å². The van der Waals surface area contributed by atoms with Gasteiger partial charge in [0, 0.05) is 17.4 Å². The Morgan fingerprint density at radius 2 is 1.85 bits per heavy atom. The molecular weight excluding hydrogens is 457 g/mol. The van der Waals surface area contributed by atoms with Gasteiger partial charge in [-0.2, -0.15) is 0 Å². The van der Waals surface area contributed by atoms with Gasteiger partial charge in [0.25, 0.3) is 0 Å². The fourth-order valence-corrected chi connectivity index (χ4v) is 4.96. The maximum absolute atomic E-state index is 13.6. The van der Waals surface area contributed by atoms with Crippen LogP contribution < -0.4 is 14.8 Å². The lowest BCUT2D eigenvalue weighted by Crippen LogP contribution is -2.30. The number of piperidine rings is 1. The fourth-order valence-electron chi connectivity index (χ4n) is 4.08. The average molecular weight is 484 g/mol. The molecule has 2 aromatic carbocycles. The van der Waals surface area contributed by atoms with Gasteiger partial charge in [-0.15, -0.1) is 10.2 Å². The van der Waals surface area contributed by atoms with Gasteiger partial charge < -0.3 is 14.8 Å². The molecule has 5 rings (SSSR count). The van der Waals surface area contributed by atoms with Crippen molar-refractivity contribution >= 4 is 23.4 Å². The second-order valence-corrected chi connectivity index (χ2v) is 9.67. The number of ether oxygens (including phenoxy) is 2. The van der Waals surface area contributed by atoms with Crippen LogP contribution in [0.1, 0.15) is 32.0 Å². The Bertz CT molecular complexity index is 1160. The highest BCUT2D eigenvalue weighted by Gasteiger charge is 2.23. The van der Waals surface area contributed by atoms with Crippen molar-refractivity contribution < 1.29 is 18.7 Å². The summed E-state index contributed by atoms with van der Waals surface area (Å²) in [5, 5.41) is 11.9. The molecule has 178 valence electrons. The summed E-state index contributed by atoms with van der Waals surface area (Å²) < 4.78 is 26.2. The molecule has 0 bridgehead atoms. The van der Waals surface area contributed by atoms with E-state index in [0.717, 1.165) is 24.6 Å². The second kappa shape index (κ2) is 10.0. The Hall–Kier alpha value is -3.11. The number of aromatic nitrogens is 3. The average Bonchev–Trinajstić information content (AvgIpc) is 3.47. The first kappa shape index (κ1) is 22.7. The van der Waals surface area contributed by atoms with Crippen LogP contribution in [0.3, 0.4) is 0 Å². The third kappa shape index (κ3) is 5.02. The third-order valence-electron chi connectivity index (χ3n) is 5.89. The molecule has 8 nitrogen and oxygen atoms in total. The van der Waals surface area contributed by atoms with Crippen LogP contribution in [-0.2, 0) is 11.3 Å². The lowest BCUT2D eigenvalue weighted by Gasteiger charge is -2.26. The van der Waals surface area contributed by atoms with E-state index < -0.39 is 5.25 Å². The first-order valence-corrected chi connectivity index (χ1v) is 12.2. The number of anilines is 1. The molecule has 3 aromatic rings. The van der Waals surface area contributed by atoms with Crippen molar-refractivity contribution in [1.29, 1.82) is 0 Å². The Morgan fingerprint density at radius 3 is 2.65 bits per heavy atom. The Morgan fingerprint density at radius 1 is 1.09 bits per heavy atom. The third-order valence-corrected chi connectivity index (χ3v) is 6.93. The number of thioether (sulfide) groups is 1. The van der Waals surface area contributed by atoms with Crippen LogP contribution in [0.4, 0.5) is 10.1 Å². The number of hydrogen-bond donors (Lipinski definition) is 1. The first-order chi connectivity index (χ1) is 16.6. The molecule has 0 radical (unpaired) electrons. The minimum Gasteiger partial charge on any atom is -0.454 e. The highest BCUT2D eigenvalue weighted by Crippen LogP contribution is 2.34. The summed E-state index contributed by atoms with van der Waals surface area (Å²) in [6.45, 7) is 4.70. The molecular formula is C24H26FN5O3S. The molecule has 1 atom stereocenters. The van der Waals surface area contributed by atoms with Crippen molar-refractivity contribution in [3.63, 3.8) is 0 Å². The standard InChI is InChI=1S/C24H26FN5O3S/c1-16(23(31)26-18-7-10-20-21(13-18)33-15-32-20)34-24-28-27-22(14-29-11-3-2-4-12-29)30(24)19-8-5-17(25)6-9-19/h5-10,13,16H,2-4,11-12,14-15H2,1H3,(H,26,31)/t16-/m0/s1. The van der Waals surface area contributed by atoms with Crippen molar-refractivity contribution in [3.05, 3.63) is 54.1 Å². The van der Waals surface area contributed by atoms with Gasteiger partial charge in [-0.1, -0.05) is 18.2 Å². The van der Waals surface area contributed by atoms with Crippen molar-refractivity contribution in [2.45, 2.75) is 43.1 Å². The van der Waals surface area contributed by atoms with E-state index in [1.807, 2.05) is 11.5 Å². The molecule has 0 unspecified atom stereocenters. The monoisotopic (exact) mass is 483 g/mol. The van der Waals surface area contributed by atoms with E-state index in [4.69, 9.17) is 9.47 Å². The summed E-state index contributed by atoms with van der Waals surface area (Å²) in [6.07, 6.45) is 3.59. The summed E-state index contributed by atoms with van der Waals surface area (Å²) in [4.78, 5) is 15.3. The summed E-state index contributed by atoms with van der Waals surface area (Å²) in [7, 11) is 0. The molecule has 1 saturated heterocycles. The molecule has 34 heavy (non-hydrogen) atoms. The summed E-state index contributed by atoms with van der Waals surface area (Å²) in [5.41, 5.74) is 1.40. The number of hydrogen-bond acceptors (Lipinski definition) is 7. The van der Waals surface area contributed by atoms with Crippen molar-refractivity contribution in [3.8, 4) is 17.2 Å². The predicted molar refractivity (Wildman–Crippen MR) is 127 cm³/mol. The Kier molecular flexibility index (Phi) is 6.68. The van der Waals surface area contributed by atoms with Gasteiger partial charge in [0.15, 0.2) is 22.5 Å². The van der Waals surface area contributed by atoms with Crippen LogP contribution >= 0.6 is 11.8 Å². The number of fused-ring (bicyclic) bond motifs is 1. The number of benzene rings is 2. The molecule has 1 fully saturated rings. The van der Waals surface area contributed by atoms with Gasteiger partial charge in [-0.3, -0.25) is 14.3 Å². The fraction of sp³-hybridized carbons (Fsp3) is 0.375. The number of carbonyl (C=O) groups is 1. The first-order valence-electron chi connectivity index (χ1n) is 11.4. The Balaban J connectivity index is 1.34. The van der Waals surface area contributed by atoms with Crippen LogP contribution in [0.25, 0.3) is 5.69 Å². The van der Waals surface area contributed by atoms with Gasteiger partial charge >= 0.3 is 0 Å². The van der Waals surface area contributed by atoms with Crippen LogP contribution in [0.15, 0.2) is 47.6 Å². The van der Waals surface area contributed by atoms with Crippen LogP contribution in [-0.4, -0.2) is 50.7 Å². The highest BCUT2D eigenvalue weighted by molar-refractivity contribution is 8.00. The van der Waals surface area contributed by atoms with Crippen molar-refractivity contribution in [2.24, 2.45) is 0 Å². The van der Waals surface area contributed by atoms with Crippen LogP contribution in [0.5, 0.6) is 11.5 Å². The zero-order valence-corrected chi connectivity index (χ0v) is 19.7. The highest BCUT2D eigenvalue weighted by atomic mass is 32.2. The van der Waals surface area contributed by atoms with E-state index in [1.165, 1.54) is 43.2 Å². The van der Waals surface area contributed by atoms with Crippen LogP contribution in [0, 0.1) is 5.82 Å². The molecule has 1 aromatic heterocycles. The van der Waals surface area contributed by atoms with Gasteiger partial charge in [0.2, 0.25) is 12.7 Å². The Labute approximate surface area is 201 Å². The number of amides is 1. The van der Waals surface area contributed by atoms with Crippen molar-refractivity contribution in [2.75, 3.05) is 25.2 Å². The summed E-state index contributed by atoms with van der Waals surface area (Å²) >= 11 is 1.31. The lowest BCUT2D eigenvalue weighted by atomic mass is 10.1. The topological polar surface area (TPSA) is 81.5 Å². The normalized spacial score (nSPS) is 16.4. The smallest absolute Gasteiger partial charge is 0.237 e. The minimum absolute atomic E-state index is 0.171. The molecule has 3 heterocycles. The largest absolute Gasteiger partial charge is 0.454 e. The quantitative estimate of drug-likeness (QED) is 0.504. The van der Waals surface area contributed by atoms with Gasteiger partial charge in [-0.05, 0) is 69.3 Å². The maximum atomic E-state index is 13.6. The van der Waals surface area contributed by atoms with Gasteiger partial charge in [-0.25, -0.2) is 4.39 Å². The number of nitrogens with one attached hydrogen (secondary N) is 1. The molecule has 0 aliphatic carbocycles. The number of halogens is 1.